The van der Waals surface area contributed by atoms with Gasteiger partial charge < -0.3 is 15.5 Å². The molecule has 0 bridgehead atoms. The van der Waals surface area contributed by atoms with Crippen molar-refractivity contribution in [1.82, 2.24) is 25.3 Å². The minimum Gasteiger partial charge on any atom is -0.352 e. The fourth-order valence-electron chi connectivity index (χ4n) is 3.09. The smallest absolute Gasteiger partial charge is 0.317 e. The van der Waals surface area contributed by atoms with E-state index in [-0.39, 0.29) is 18.0 Å². The van der Waals surface area contributed by atoms with Crippen LogP contribution in [0.1, 0.15) is 24.5 Å². The van der Waals surface area contributed by atoms with Crippen LogP contribution in [0.5, 0.6) is 0 Å². The molecule has 132 valence electrons. The summed E-state index contributed by atoms with van der Waals surface area (Å²) in [5.41, 5.74) is 2.20. The van der Waals surface area contributed by atoms with E-state index in [1.54, 1.807) is 11.1 Å². The van der Waals surface area contributed by atoms with Crippen molar-refractivity contribution in [1.29, 1.82) is 0 Å². The second kappa shape index (κ2) is 7.83. The molecule has 7 nitrogen and oxygen atoms in total. The summed E-state index contributed by atoms with van der Waals surface area (Å²) in [6, 6.07) is 9.87. The monoisotopic (exact) mass is 341 g/mol. The molecule has 1 aliphatic heterocycles. The Bertz CT molecular complexity index is 729. The summed E-state index contributed by atoms with van der Waals surface area (Å²) in [5.74, 6) is -0.0557. The molecule has 0 spiro atoms. The van der Waals surface area contributed by atoms with Gasteiger partial charge in [-0.2, -0.15) is 5.10 Å². The number of benzene rings is 1. The Morgan fingerprint density at radius 2 is 2.04 bits per heavy atom. The third-order valence-corrected chi connectivity index (χ3v) is 4.32. The van der Waals surface area contributed by atoms with Gasteiger partial charge in [-0.25, -0.2) is 4.79 Å². The van der Waals surface area contributed by atoms with Gasteiger partial charge in [0.15, 0.2) is 0 Å². The van der Waals surface area contributed by atoms with Crippen LogP contribution in [-0.4, -0.2) is 45.8 Å². The normalized spacial score (nSPS) is 16.7. The van der Waals surface area contributed by atoms with Gasteiger partial charge in [-0.15, -0.1) is 0 Å². The number of carbonyl (C=O) groups excluding carboxylic acids is 2. The predicted molar refractivity (Wildman–Crippen MR) is 93.8 cm³/mol. The minimum atomic E-state index is -0.0956. The van der Waals surface area contributed by atoms with E-state index in [1.807, 2.05) is 41.2 Å². The molecule has 2 aromatic rings. The lowest BCUT2D eigenvalue weighted by molar-refractivity contribution is -0.119. The van der Waals surface area contributed by atoms with Gasteiger partial charge in [0, 0.05) is 45.0 Å². The summed E-state index contributed by atoms with van der Waals surface area (Å²) in [4.78, 5) is 25.2. The van der Waals surface area contributed by atoms with Crippen LogP contribution in [0.4, 0.5) is 4.79 Å². The summed E-state index contributed by atoms with van der Waals surface area (Å²) in [6.45, 7) is 3.86. The molecule has 3 amide bonds. The molecule has 1 fully saturated rings. The highest BCUT2D eigenvalue weighted by Gasteiger charge is 2.26. The van der Waals surface area contributed by atoms with Crippen molar-refractivity contribution in [2.45, 2.75) is 32.5 Å². The number of amides is 3. The molecule has 1 aromatic heterocycles. The predicted octanol–water partition coefficient (Wildman–Crippen LogP) is 1.35. The van der Waals surface area contributed by atoms with E-state index in [0.29, 0.717) is 26.2 Å². The van der Waals surface area contributed by atoms with Gasteiger partial charge in [-0.1, -0.05) is 24.3 Å². The van der Waals surface area contributed by atoms with E-state index in [4.69, 9.17) is 0 Å². The number of urea groups is 1. The number of likely N-dealkylation sites (tertiary alicyclic amines) is 1. The van der Waals surface area contributed by atoms with Crippen LogP contribution in [0.2, 0.25) is 0 Å². The van der Waals surface area contributed by atoms with Gasteiger partial charge in [0.05, 0.1) is 6.54 Å². The Morgan fingerprint density at radius 3 is 2.76 bits per heavy atom. The molecule has 2 heterocycles. The van der Waals surface area contributed by atoms with Crippen LogP contribution in [0.15, 0.2) is 42.7 Å². The number of hydrogen-bond donors (Lipinski definition) is 2. The third kappa shape index (κ3) is 4.59. The molecule has 0 saturated carbocycles. The lowest BCUT2D eigenvalue weighted by atomic mass is 10.1. The van der Waals surface area contributed by atoms with Crippen molar-refractivity contribution in [3.8, 4) is 0 Å². The van der Waals surface area contributed by atoms with Crippen LogP contribution >= 0.6 is 0 Å². The Labute approximate surface area is 147 Å². The maximum Gasteiger partial charge on any atom is 0.317 e. The zero-order valence-corrected chi connectivity index (χ0v) is 14.3. The van der Waals surface area contributed by atoms with E-state index >= 15 is 0 Å². The maximum absolute atomic E-state index is 12.4. The number of aromatic nitrogens is 2. The van der Waals surface area contributed by atoms with Gasteiger partial charge in [0.25, 0.3) is 0 Å². The van der Waals surface area contributed by atoms with Crippen LogP contribution in [0.3, 0.4) is 0 Å². The van der Waals surface area contributed by atoms with Gasteiger partial charge in [-0.3, -0.25) is 9.48 Å². The molecule has 3 rings (SSSR count). The highest BCUT2D eigenvalue weighted by Crippen LogP contribution is 2.12. The maximum atomic E-state index is 12.4. The fraction of sp³-hybridized carbons (Fsp3) is 0.389. The van der Waals surface area contributed by atoms with Crippen molar-refractivity contribution in [2.75, 3.05) is 13.1 Å². The molecule has 2 N–H and O–H groups in total. The highest BCUT2D eigenvalue weighted by molar-refractivity contribution is 5.75. The lowest BCUT2D eigenvalue weighted by Gasteiger charge is -2.18. The van der Waals surface area contributed by atoms with Crippen LogP contribution < -0.4 is 10.6 Å². The first-order valence-electron chi connectivity index (χ1n) is 8.46. The summed E-state index contributed by atoms with van der Waals surface area (Å²) >= 11 is 0. The first-order valence-corrected chi connectivity index (χ1v) is 8.46. The Balaban J connectivity index is 1.55. The topological polar surface area (TPSA) is 79.3 Å². The molecule has 1 saturated heterocycles. The molecule has 1 atom stereocenters. The van der Waals surface area contributed by atoms with E-state index in [2.05, 4.69) is 15.7 Å². The van der Waals surface area contributed by atoms with Crippen LogP contribution in [-0.2, 0) is 17.9 Å². The number of hydrogen-bond acceptors (Lipinski definition) is 3. The molecule has 1 aliphatic rings. The standard InChI is InChI=1S/C18H23N5O2/c1-14(24)21-17-7-10-22(13-17)18(25)19-11-15-5-2-3-6-16(15)12-23-9-4-8-20-23/h2-6,8-9,17H,7,10-13H2,1H3,(H,19,25)(H,21,24). The second-order valence-corrected chi connectivity index (χ2v) is 6.26. The summed E-state index contributed by atoms with van der Waals surface area (Å²) in [6.07, 6.45) is 4.47. The summed E-state index contributed by atoms with van der Waals surface area (Å²) < 4.78 is 1.86. The zero-order valence-electron chi connectivity index (χ0n) is 14.3. The lowest BCUT2D eigenvalue weighted by Crippen LogP contribution is -2.41. The van der Waals surface area contributed by atoms with Crippen LogP contribution in [0.25, 0.3) is 0 Å². The quantitative estimate of drug-likeness (QED) is 0.862. The van der Waals surface area contributed by atoms with Gasteiger partial charge >= 0.3 is 6.03 Å². The molecule has 0 aliphatic carbocycles. The zero-order chi connectivity index (χ0) is 17.6. The molecule has 1 unspecified atom stereocenters. The van der Waals surface area contributed by atoms with Crippen molar-refractivity contribution in [3.63, 3.8) is 0 Å². The summed E-state index contributed by atoms with van der Waals surface area (Å²) in [7, 11) is 0. The van der Waals surface area contributed by atoms with Crippen molar-refractivity contribution in [2.24, 2.45) is 0 Å². The van der Waals surface area contributed by atoms with Gasteiger partial charge in [0.1, 0.15) is 0 Å². The summed E-state index contributed by atoms with van der Waals surface area (Å²) in [5, 5.41) is 10.1. The van der Waals surface area contributed by atoms with Crippen LogP contribution in [0, 0.1) is 0 Å². The molecule has 25 heavy (non-hydrogen) atoms. The Morgan fingerprint density at radius 1 is 1.24 bits per heavy atom. The molecule has 1 aromatic carbocycles. The van der Waals surface area contributed by atoms with E-state index < -0.39 is 0 Å². The molecular weight excluding hydrogens is 318 g/mol. The van der Waals surface area contributed by atoms with Gasteiger partial charge in [-0.05, 0) is 23.6 Å². The number of nitrogens with one attached hydrogen (secondary N) is 2. The third-order valence-electron chi connectivity index (χ3n) is 4.32. The number of carbonyl (C=O) groups is 2. The number of rotatable bonds is 5. The highest BCUT2D eigenvalue weighted by atomic mass is 16.2. The first kappa shape index (κ1) is 17.0. The van der Waals surface area contributed by atoms with E-state index in [0.717, 1.165) is 17.5 Å². The average molecular weight is 341 g/mol. The second-order valence-electron chi connectivity index (χ2n) is 6.26. The van der Waals surface area contributed by atoms with Crippen molar-refractivity contribution >= 4 is 11.9 Å². The molecule has 7 heteroatoms. The van der Waals surface area contributed by atoms with E-state index in [1.165, 1.54) is 6.92 Å². The first-order chi connectivity index (χ1) is 12.1. The number of nitrogens with zero attached hydrogens (tertiary/aromatic N) is 3. The fourth-order valence-corrected chi connectivity index (χ4v) is 3.09. The van der Waals surface area contributed by atoms with E-state index in [9.17, 15) is 9.59 Å². The Hall–Kier alpha value is -2.83. The van der Waals surface area contributed by atoms with Crippen molar-refractivity contribution < 1.29 is 9.59 Å². The molecule has 0 radical (unpaired) electrons. The largest absolute Gasteiger partial charge is 0.352 e. The van der Waals surface area contributed by atoms with Crippen molar-refractivity contribution in [3.05, 3.63) is 53.9 Å². The SMILES string of the molecule is CC(=O)NC1CCN(C(=O)NCc2ccccc2Cn2cccn2)C1. The minimum absolute atomic E-state index is 0.0513. The van der Waals surface area contributed by atoms with Gasteiger partial charge in [0.2, 0.25) is 5.91 Å². The average Bonchev–Trinajstić information content (AvgIpc) is 3.25. The Kier molecular flexibility index (Phi) is 5.33. The molecular formula is C18H23N5O2.